The fourth-order valence-electron chi connectivity index (χ4n) is 0.783. The summed E-state index contributed by atoms with van der Waals surface area (Å²) in [6.45, 7) is -0.799. The van der Waals surface area contributed by atoms with Crippen molar-refractivity contribution in [2.24, 2.45) is 0 Å². The molecule has 0 saturated carbocycles. The van der Waals surface area contributed by atoms with Crippen LogP contribution in [0.5, 0.6) is 0 Å². The second-order valence-electron chi connectivity index (χ2n) is 2.70. The van der Waals surface area contributed by atoms with Gasteiger partial charge in [-0.3, -0.25) is 0 Å². The number of aliphatic hydroxyl groups excluding tert-OH is 6. The van der Waals surface area contributed by atoms with E-state index in [2.05, 4.69) is 4.74 Å². The first-order chi connectivity index (χ1) is 7.45. The van der Waals surface area contributed by atoms with Crippen molar-refractivity contribution in [2.45, 2.75) is 24.4 Å². The quantitative estimate of drug-likeness (QED) is 0.269. The van der Waals surface area contributed by atoms with Crippen molar-refractivity contribution in [2.75, 3.05) is 20.8 Å². The maximum Gasteiger partial charge on any atom is 0.337 e. The third-order valence-electron chi connectivity index (χ3n) is 1.70. The van der Waals surface area contributed by atoms with Gasteiger partial charge in [0.25, 0.3) is 0 Å². The fourth-order valence-corrected chi connectivity index (χ4v) is 0.783. The molecular formula is C8H18O8. The van der Waals surface area contributed by atoms with Crippen LogP contribution in [-0.4, -0.2) is 81.9 Å². The van der Waals surface area contributed by atoms with E-state index >= 15 is 0 Å². The van der Waals surface area contributed by atoms with Gasteiger partial charge in [-0.05, 0) is 0 Å². The van der Waals surface area contributed by atoms with Crippen LogP contribution in [0, 0.1) is 0 Å². The minimum atomic E-state index is -1.96. The smallest absolute Gasteiger partial charge is 0.337 e. The molecule has 98 valence electrons. The van der Waals surface area contributed by atoms with E-state index < -0.39 is 37.0 Å². The number of aliphatic hydroxyl groups is 6. The van der Waals surface area contributed by atoms with Crippen molar-refractivity contribution in [1.82, 2.24) is 0 Å². The molecule has 0 fully saturated rings. The van der Waals surface area contributed by atoms with Crippen LogP contribution >= 0.6 is 0 Å². The molecule has 6 N–H and O–H groups in total. The molecule has 0 aromatic carbocycles. The Morgan fingerprint density at radius 3 is 1.88 bits per heavy atom. The first-order valence-electron chi connectivity index (χ1n) is 4.31. The molecule has 16 heavy (non-hydrogen) atoms. The van der Waals surface area contributed by atoms with E-state index in [1.54, 1.807) is 0 Å². The van der Waals surface area contributed by atoms with Gasteiger partial charge in [-0.15, -0.1) is 0 Å². The molecule has 0 aliphatic carbocycles. The summed E-state index contributed by atoms with van der Waals surface area (Å²) in [6, 6.07) is 0. The van der Waals surface area contributed by atoms with Crippen molar-refractivity contribution in [1.29, 1.82) is 0 Å². The molecule has 0 aliphatic rings. The Morgan fingerprint density at radius 2 is 1.56 bits per heavy atom. The summed E-state index contributed by atoms with van der Waals surface area (Å²) in [7, 11) is 1.99. The van der Waals surface area contributed by atoms with Crippen molar-refractivity contribution < 1.29 is 40.2 Å². The predicted octanol–water partition coefficient (Wildman–Crippen LogP) is -3.80. The second-order valence-corrected chi connectivity index (χ2v) is 2.70. The highest BCUT2D eigenvalue weighted by molar-refractivity contribution is 5.75. The summed E-state index contributed by atoms with van der Waals surface area (Å²) in [5.74, 6) is -1.14. The molecule has 0 aromatic heterocycles. The molecule has 4 atom stereocenters. The lowest BCUT2D eigenvalue weighted by Gasteiger charge is -2.23. The van der Waals surface area contributed by atoms with Crippen LogP contribution < -0.4 is 0 Å². The number of hydrogen-bond acceptors (Lipinski definition) is 8. The van der Waals surface area contributed by atoms with Crippen molar-refractivity contribution in [3.8, 4) is 0 Å². The molecule has 0 amide bonds. The summed E-state index contributed by atoms with van der Waals surface area (Å²) in [4.78, 5) is 10.7. The molecule has 8 nitrogen and oxygen atoms in total. The van der Waals surface area contributed by atoms with E-state index in [0.29, 0.717) is 0 Å². The van der Waals surface area contributed by atoms with Crippen molar-refractivity contribution >= 4 is 5.97 Å². The highest BCUT2D eigenvalue weighted by Crippen LogP contribution is 2.05. The van der Waals surface area contributed by atoms with Gasteiger partial charge >= 0.3 is 5.97 Å². The van der Waals surface area contributed by atoms with E-state index in [1.165, 1.54) is 0 Å². The molecule has 0 aliphatic heterocycles. The molecule has 0 bridgehead atoms. The van der Waals surface area contributed by atoms with E-state index in [-0.39, 0.29) is 0 Å². The lowest BCUT2D eigenvalue weighted by Crippen LogP contribution is -2.48. The van der Waals surface area contributed by atoms with Gasteiger partial charge in [-0.1, -0.05) is 0 Å². The molecule has 0 heterocycles. The monoisotopic (exact) mass is 242 g/mol. The third kappa shape index (κ3) is 5.35. The molecule has 8 heteroatoms. The Hall–Kier alpha value is -0.770. The molecule has 0 radical (unpaired) electrons. The zero-order chi connectivity index (χ0) is 13.3. The van der Waals surface area contributed by atoms with Gasteiger partial charge in [0, 0.05) is 7.11 Å². The van der Waals surface area contributed by atoms with Crippen molar-refractivity contribution in [3.63, 3.8) is 0 Å². The zero-order valence-corrected chi connectivity index (χ0v) is 9.02. The van der Waals surface area contributed by atoms with Crippen LogP contribution in [0.4, 0.5) is 0 Å². The third-order valence-corrected chi connectivity index (χ3v) is 1.70. The minimum absolute atomic E-state index is 0.799. The lowest BCUT2D eigenvalue weighted by molar-refractivity contribution is -0.167. The number of methoxy groups -OCH3 is 1. The predicted molar refractivity (Wildman–Crippen MR) is 51.3 cm³/mol. The highest BCUT2D eigenvalue weighted by atomic mass is 16.5. The first-order valence-corrected chi connectivity index (χ1v) is 4.31. The summed E-state index contributed by atoms with van der Waals surface area (Å²) in [5.41, 5.74) is 0. The average Bonchev–Trinajstić information content (AvgIpc) is 2.36. The van der Waals surface area contributed by atoms with Crippen LogP contribution in [0.3, 0.4) is 0 Å². The minimum Gasteiger partial charge on any atom is -0.467 e. The molecule has 0 aromatic rings. The topological polar surface area (TPSA) is 148 Å². The second kappa shape index (κ2) is 9.46. The maximum absolute atomic E-state index is 10.7. The number of ether oxygens (including phenoxy) is 1. The summed E-state index contributed by atoms with van der Waals surface area (Å²) in [6.07, 6.45) is -7.33. The standard InChI is InChI=1S/C7H14O7.CH4O/c1-14-7(13)6(12)5(11)4(10)3(9)2-8;1-2/h3-6,8-12H,2H2,1H3;2H,1H3. The van der Waals surface area contributed by atoms with Crippen LogP contribution in [-0.2, 0) is 9.53 Å². The Kier molecular flexibility index (Phi) is 10.4. The van der Waals surface area contributed by atoms with Crippen molar-refractivity contribution in [3.05, 3.63) is 0 Å². The summed E-state index contributed by atoms with van der Waals surface area (Å²) < 4.78 is 4.09. The summed E-state index contributed by atoms with van der Waals surface area (Å²) in [5, 5.41) is 51.5. The zero-order valence-electron chi connectivity index (χ0n) is 9.02. The Bertz CT molecular complexity index is 185. The van der Waals surface area contributed by atoms with Gasteiger partial charge in [-0.2, -0.15) is 0 Å². The molecule has 0 spiro atoms. The van der Waals surface area contributed by atoms with Crippen LogP contribution in [0.25, 0.3) is 0 Å². The fraction of sp³-hybridized carbons (Fsp3) is 0.875. The molecular weight excluding hydrogens is 224 g/mol. The number of hydrogen-bond donors (Lipinski definition) is 6. The summed E-state index contributed by atoms with van der Waals surface area (Å²) >= 11 is 0. The van der Waals surface area contributed by atoms with Crippen LogP contribution in [0.1, 0.15) is 0 Å². The number of esters is 1. The van der Waals surface area contributed by atoms with E-state index in [4.69, 9.17) is 30.6 Å². The largest absolute Gasteiger partial charge is 0.467 e. The van der Waals surface area contributed by atoms with E-state index in [1.807, 2.05) is 0 Å². The van der Waals surface area contributed by atoms with Crippen LogP contribution in [0.15, 0.2) is 0 Å². The SMILES string of the molecule is CO.COC(=O)C(O)C(O)C(O)C(O)CO. The molecule has 4 unspecified atom stereocenters. The average molecular weight is 242 g/mol. The molecule has 0 saturated heterocycles. The Labute approximate surface area is 92.3 Å². The Morgan fingerprint density at radius 1 is 1.12 bits per heavy atom. The van der Waals surface area contributed by atoms with Gasteiger partial charge in [0.05, 0.1) is 13.7 Å². The first kappa shape index (κ1) is 17.6. The van der Waals surface area contributed by atoms with E-state index in [9.17, 15) is 4.79 Å². The van der Waals surface area contributed by atoms with Gasteiger partial charge in [0.2, 0.25) is 0 Å². The maximum atomic E-state index is 10.7. The van der Waals surface area contributed by atoms with Gasteiger partial charge < -0.3 is 35.4 Å². The molecule has 0 rings (SSSR count). The van der Waals surface area contributed by atoms with E-state index in [0.717, 1.165) is 14.2 Å². The number of rotatable bonds is 5. The Balaban J connectivity index is 0. The highest BCUT2D eigenvalue weighted by Gasteiger charge is 2.34. The number of carbonyl (C=O) groups is 1. The van der Waals surface area contributed by atoms with Gasteiger partial charge in [-0.25, -0.2) is 4.79 Å². The lowest BCUT2D eigenvalue weighted by atomic mass is 10.0. The van der Waals surface area contributed by atoms with Gasteiger partial charge in [0.1, 0.15) is 18.3 Å². The van der Waals surface area contributed by atoms with Gasteiger partial charge in [0.15, 0.2) is 6.10 Å². The number of carbonyl (C=O) groups excluding carboxylic acids is 1. The normalized spacial score (nSPS) is 17.5. The van der Waals surface area contributed by atoms with Crippen LogP contribution in [0.2, 0.25) is 0 Å².